The van der Waals surface area contributed by atoms with Crippen LogP contribution in [0.5, 0.6) is 0 Å². The minimum atomic E-state index is -0.450. The molecule has 0 aromatic carbocycles. The predicted molar refractivity (Wildman–Crippen MR) is 64.5 cm³/mol. The van der Waals surface area contributed by atoms with E-state index in [0.717, 1.165) is 11.3 Å². The molecule has 0 spiro atoms. The quantitative estimate of drug-likeness (QED) is 0.336. The van der Waals surface area contributed by atoms with Crippen molar-refractivity contribution in [3.8, 4) is 0 Å². The van der Waals surface area contributed by atoms with E-state index >= 15 is 0 Å². The van der Waals surface area contributed by atoms with Gasteiger partial charge in [0, 0.05) is 7.11 Å². The Hall–Kier alpha value is -1.67. The number of ether oxygens (including phenoxy) is 2. The van der Waals surface area contributed by atoms with Crippen LogP contribution in [0.15, 0.2) is 4.99 Å². The van der Waals surface area contributed by atoms with Crippen molar-refractivity contribution in [1.82, 2.24) is 4.98 Å². The number of methoxy groups -OCH3 is 1. The van der Waals surface area contributed by atoms with Crippen LogP contribution in [0.3, 0.4) is 0 Å². The van der Waals surface area contributed by atoms with E-state index in [4.69, 9.17) is 20.9 Å². The smallest absolute Gasteiger partial charge is 0.350 e. The second-order valence-electron chi connectivity index (χ2n) is 3.08. The first-order chi connectivity index (χ1) is 8.04. The van der Waals surface area contributed by atoms with E-state index in [1.54, 1.807) is 6.92 Å². The number of esters is 1. The minimum absolute atomic E-state index is 0.0990. The highest BCUT2D eigenvalue weighted by Crippen LogP contribution is 2.25. The highest BCUT2D eigenvalue weighted by Gasteiger charge is 2.16. The van der Waals surface area contributed by atoms with Gasteiger partial charge in [0.15, 0.2) is 5.96 Å². The molecule has 0 saturated carbocycles. The summed E-state index contributed by atoms with van der Waals surface area (Å²) in [6.07, 6.45) is 0. The summed E-state index contributed by atoms with van der Waals surface area (Å²) in [5.74, 6) is -0.549. The number of aromatic nitrogens is 1. The molecule has 1 aromatic heterocycles. The van der Waals surface area contributed by atoms with E-state index in [0.29, 0.717) is 22.3 Å². The van der Waals surface area contributed by atoms with Crippen LogP contribution in [0, 0.1) is 6.92 Å². The summed E-state index contributed by atoms with van der Waals surface area (Å²) in [6.45, 7) is 2.24. The average molecular weight is 258 g/mol. The first-order valence-electron chi connectivity index (χ1n) is 4.77. The second kappa shape index (κ2) is 6.16. The minimum Gasteiger partial charge on any atom is -0.459 e. The topological polar surface area (TPSA) is 113 Å². The Labute approximate surface area is 102 Å². The number of hydrogen-bond acceptors (Lipinski definition) is 6. The summed E-state index contributed by atoms with van der Waals surface area (Å²) in [5, 5.41) is 0.334. The highest BCUT2D eigenvalue weighted by molar-refractivity contribution is 7.17. The molecule has 0 atom stereocenters. The number of hydrogen-bond donors (Lipinski definition) is 2. The summed E-state index contributed by atoms with van der Waals surface area (Å²) in [5.41, 5.74) is 11.0. The van der Waals surface area contributed by atoms with Crippen molar-refractivity contribution in [1.29, 1.82) is 0 Å². The number of carbonyl (C=O) groups excluding carboxylic acids is 1. The van der Waals surface area contributed by atoms with Gasteiger partial charge < -0.3 is 20.9 Å². The number of guanidine groups is 1. The summed E-state index contributed by atoms with van der Waals surface area (Å²) in [4.78, 5) is 19.8. The fourth-order valence-corrected chi connectivity index (χ4v) is 1.86. The van der Waals surface area contributed by atoms with E-state index in [-0.39, 0.29) is 12.6 Å². The molecule has 4 N–H and O–H groups in total. The van der Waals surface area contributed by atoms with Gasteiger partial charge in [0.1, 0.15) is 11.5 Å². The zero-order valence-corrected chi connectivity index (χ0v) is 10.4. The van der Waals surface area contributed by atoms with E-state index in [9.17, 15) is 4.79 Å². The maximum atomic E-state index is 11.6. The molecule has 17 heavy (non-hydrogen) atoms. The number of nitrogens with two attached hydrogens (primary N) is 2. The van der Waals surface area contributed by atoms with Crippen LogP contribution in [-0.2, 0) is 9.47 Å². The first kappa shape index (κ1) is 13.4. The number of thiazole rings is 1. The fourth-order valence-electron chi connectivity index (χ4n) is 1.01. The van der Waals surface area contributed by atoms with Crippen LogP contribution in [-0.4, -0.2) is 37.2 Å². The summed E-state index contributed by atoms with van der Waals surface area (Å²) >= 11 is 1.08. The third kappa shape index (κ3) is 4.00. The van der Waals surface area contributed by atoms with Crippen LogP contribution in [0.2, 0.25) is 0 Å². The molecule has 0 amide bonds. The molecule has 0 bridgehead atoms. The summed E-state index contributed by atoms with van der Waals surface area (Å²) < 4.78 is 9.73. The van der Waals surface area contributed by atoms with Gasteiger partial charge >= 0.3 is 5.97 Å². The number of aryl methyl sites for hydroxylation is 1. The maximum absolute atomic E-state index is 11.6. The van der Waals surface area contributed by atoms with E-state index in [1.165, 1.54) is 7.11 Å². The average Bonchev–Trinajstić information content (AvgIpc) is 2.58. The van der Waals surface area contributed by atoms with Crippen molar-refractivity contribution in [3.05, 3.63) is 10.6 Å². The lowest BCUT2D eigenvalue weighted by Crippen LogP contribution is -2.21. The largest absolute Gasteiger partial charge is 0.459 e. The standard InChI is InChI=1S/C9H14N4O3S/c1-5-6(7(14)16-4-3-15-2)17-9(12-5)13-8(10)11/h3-4H2,1-2H3,(H4,10,11,12,13). The van der Waals surface area contributed by atoms with Crippen LogP contribution in [0.1, 0.15) is 15.4 Å². The fraction of sp³-hybridized carbons (Fsp3) is 0.444. The van der Waals surface area contributed by atoms with Crippen molar-refractivity contribution in [2.75, 3.05) is 20.3 Å². The van der Waals surface area contributed by atoms with Gasteiger partial charge in [0.2, 0.25) is 5.13 Å². The van der Waals surface area contributed by atoms with Gasteiger partial charge in [0.25, 0.3) is 0 Å². The number of carbonyl (C=O) groups is 1. The monoisotopic (exact) mass is 258 g/mol. The Kier molecular flexibility index (Phi) is 4.85. The zero-order chi connectivity index (χ0) is 12.8. The third-order valence-electron chi connectivity index (χ3n) is 1.72. The number of aliphatic imine (C=N–C) groups is 1. The molecule has 0 radical (unpaired) electrons. The molecular weight excluding hydrogens is 244 g/mol. The van der Waals surface area contributed by atoms with Crippen LogP contribution in [0.4, 0.5) is 5.13 Å². The molecule has 0 aliphatic rings. The van der Waals surface area contributed by atoms with Gasteiger partial charge in [-0.05, 0) is 6.92 Å². The van der Waals surface area contributed by atoms with Crippen molar-refractivity contribution in [2.45, 2.75) is 6.92 Å². The predicted octanol–water partition coefficient (Wildman–Crippen LogP) is 0.160. The Morgan fingerprint density at radius 1 is 1.47 bits per heavy atom. The molecule has 0 aliphatic heterocycles. The molecule has 1 heterocycles. The molecule has 1 aromatic rings. The maximum Gasteiger partial charge on any atom is 0.350 e. The Morgan fingerprint density at radius 2 is 2.18 bits per heavy atom. The third-order valence-corrected chi connectivity index (χ3v) is 2.75. The summed E-state index contributed by atoms with van der Waals surface area (Å²) in [6, 6.07) is 0. The number of nitrogens with zero attached hydrogens (tertiary/aromatic N) is 2. The van der Waals surface area contributed by atoms with Crippen molar-refractivity contribution >= 4 is 28.4 Å². The molecule has 0 unspecified atom stereocenters. The van der Waals surface area contributed by atoms with Gasteiger partial charge in [0.05, 0.1) is 12.3 Å². The van der Waals surface area contributed by atoms with Gasteiger partial charge in [-0.3, -0.25) is 0 Å². The lowest BCUT2D eigenvalue weighted by molar-refractivity contribution is 0.0392. The van der Waals surface area contributed by atoms with E-state index in [1.807, 2.05) is 0 Å². The van der Waals surface area contributed by atoms with Crippen LogP contribution in [0.25, 0.3) is 0 Å². The lowest BCUT2D eigenvalue weighted by atomic mass is 10.4. The van der Waals surface area contributed by atoms with Gasteiger partial charge in [-0.25, -0.2) is 9.78 Å². The highest BCUT2D eigenvalue weighted by atomic mass is 32.1. The van der Waals surface area contributed by atoms with Crippen LogP contribution >= 0.6 is 11.3 Å². The van der Waals surface area contributed by atoms with Gasteiger partial charge in [-0.2, -0.15) is 4.99 Å². The molecule has 0 saturated heterocycles. The molecule has 1 rings (SSSR count). The van der Waals surface area contributed by atoms with Crippen LogP contribution < -0.4 is 11.5 Å². The molecule has 94 valence electrons. The Balaban J connectivity index is 2.73. The second-order valence-corrected chi connectivity index (χ2v) is 4.05. The molecule has 8 heteroatoms. The van der Waals surface area contributed by atoms with Crippen molar-refractivity contribution < 1.29 is 14.3 Å². The van der Waals surface area contributed by atoms with Gasteiger partial charge in [-0.1, -0.05) is 11.3 Å². The van der Waals surface area contributed by atoms with Crippen molar-refractivity contribution in [2.24, 2.45) is 16.5 Å². The Morgan fingerprint density at radius 3 is 2.76 bits per heavy atom. The molecule has 7 nitrogen and oxygen atoms in total. The number of rotatable bonds is 5. The van der Waals surface area contributed by atoms with E-state index < -0.39 is 5.97 Å². The molecule has 0 fully saturated rings. The molecular formula is C9H14N4O3S. The van der Waals surface area contributed by atoms with E-state index in [2.05, 4.69) is 9.98 Å². The molecule has 0 aliphatic carbocycles. The first-order valence-corrected chi connectivity index (χ1v) is 5.59. The Bertz CT molecular complexity index is 426. The SMILES string of the molecule is COCCOC(=O)c1sc(N=C(N)N)nc1C. The summed E-state index contributed by atoms with van der Waals surface area (Å²) in [7, 11) is 1.53. The zero-order valence-electron chi connectivity index (χ0n) is 9.60. The van der Waals surface area contributed by atoms with Crippen molar-refractivity contribution in [3.63, 3.8) is 0 Å². The normalized spacial score (nSPS) is 10.0. The lowest BCUT2D eigenvalue weighted by Gasteiger charge is -2.01. The van der Waals surface area contributed by atoms with Gasteiger partial charge in [-0.15, -0.1) is 0 Å².